The molecule has 0 unspecified atom stereocenters. The van der Waals surface area contributed by atoms with E-state index in [2.05, 4.69) is 0 Å². The molecule has 0 spiro atoms. The molecule has 0 saturated heterocycles. The standard InChI is InChI=1S/Au.HNO2/c;2-1-3/h;(H,2,3)/q+1;/p-1. The van der Waals surface area contributed by atoms with Gasteiger partial charge in [-0.3, -0.25) is 0 Å². The fourth-order valence-corrected chi connectivity index (χ4v) is 0. The molecule has 0 rings (SSSR count). The molecule has 0 aliphatic rings. The van der Waals surface area contributed by atoms with E-state index in [1.165, 1.54) is 0 Å². The predicted molar refractivity (Wildman–Crippen MR) is 9.16 cm³/mol. The summed E-state index contributed by atoms with van der Waals surface area (Å²) in [6.07, 6.45) is 0. The van der Waals surface area contributed by atoms with Gasteiger partial charge in [-0.05, 0) is 0 Å². The molecule has 0 bridgehead atoms. The van der Waals surface area contributed by atoms with Gasteiger partial charge >= 0.3 is 22.4 Å². The molecule has 0 atom stereocenters. The van der Waals surface area contributed by atoms with Crippen molar-refractivity contribution < 1.29 is 22.4 Å². The zero-order valence-corrected chi connectivity index (χ0v) is 3.73. The van der Waals surface area contributed by atoms with Gasteiger partial charge in [-0.1, -0.05) is 0 Å². The van der Waals surface area contributed by atoms with Crippen molar-refractivity contribution in [3.63, 3.8) is 0 Å². The Balaban J connectivity index is 0. The fraction of sp³-hybridized carbons (Fsp3) is 0. The Morgan fingerprint density at radius 1 is 1.75 bits per heavy atom. The van der Waals surface area contributed by atoms with Crippen LogP contribution in [-0.2, 0) is 22.4 Å². The number of hydrogen-bond acceptors (Lipinski definition) is 3. The molecule has 3 nitrogen and oxygen atoms in total. The molecule has 0 heterocycles. The third kappa shape index (κ3) is 141. The second kappa shape index (κ2) is 11.1. The minimum absolute atomic E-state index is 0. The maximum atomic E-state index is 8.00. The van der Waals surface area contributed by atoms with E-state index in [4.69, 9.17) is 10.1 Å². The van der Waals surface area contributed by atoms with Gasteiger partial charge in [0.1, 0.15) is 0 Å². The van der Waals surface area contributed by atoms with Crippen LogP contribution in [0.15, 0.2) is 5.34 Å². The van der Waals surface area contributed by atoms with Crippen LogP contribution in [-0.4, -0.2) is 0 Å². The van der Waals surface area contributed by atoms with Crippen LogP contribution in [0.4, 0.5) is 0 Å². The Kier molecular flexibility index (Phi) is 24.7. The van der Waals surface area contributed by atoms with Crippen LogP contribution < -0.4 is 0 Å². The SMILES string of the molecule is O=N[O-].[Au+]. The van der Waals surface area contributed by atoms with Crippen LogP contribution in [0, 0.1) is 10.1 Å². The molecule has 0 aromatic rings. The van der Waals surface area contributed by atoms with Gasteiger partial charge in [-0.25, -0.2) is 0 Å². The first-order chi connectivity index (χ1) is 1.41. The van der Waals surface area contributed by atoms with Crippen molar-refractivity contribution in [3.05, 3.63) is 10.1 Å². The zero-order chi connectivity index (χ0) is 2.71. The first-order valence-corrected chi connectivity index (χ1v) is 0.365. The summed E-state index contributed by atoms with van der Waals surface area (Å²) in [4.78, 5) is 8.00. The van der Waals surface area contributed by atoms with E-state index in [1.54, 1.807) is 0 Å². The second-order valence-electron chi connectivity index (χ2n) is 0.0745. The van der Waals surface area contributed by atoms with Crippen molar-refractivity contribution in [2.24, 2.45) is 5.34 Å². The number of nitrogens with zero attached hydrogens (tertiary/aromatic N) is 1. The van der Waals surface area contributed by atoms with Gasteiger partial charge in [0, 0.05) is 0 Å². The average molecular weight is 243 g/mol. The van der Waals surface area contributed by atoms with Gasteiger partial charge in [-0.2, -0.15) is 0 Å². The van der Waals surface area contributed by atoms with Crippen LogP contribution in [0.2, 0.25) is 0 Å². The first kappa shape index (κ1) is 8.91. The quantitative estimate of drug-likeness (QED) is 0.348. The van der Waals surface area contributed by atoms with E-state index in [0.717, 1.165) is 5.34 Å². The Labute approximate surface area is 38.5 Å². The summed E-state index contributed by atoms with van der Waals surface area (Å²) in [7, 11) is 0. The van der Waals surface area contributed by atoms with Gasteiger partial charge in [-0.15, -0.1) is 5.34 Å². The Morgan fingerprint density at radius 2 is 1.75 bits per heavy atom. The zero-order valence-electron chi connectivity index (χ0n) is 1.57. The largest absolute Gasteiger partial charge is 1.00 e. The van der Waals surface area contributed by atoms with E-state index in [9.17, 15) is 0 Å². The summed E-state index contributed by atoms with van der Waals surface area (Å²) >= 11 is 0. The van der Waals surface area contributed by atoms with Crippen LogP contribution in [0.5, 0.6) is 0 Å². The molecule has 0 radical (unpaired) electrons. The van der Waals surface area contributed by atoms with Crippen LogP contribution in [0.1, 0.15) is 0 Å². The van der Waals surface area contributed by atoms with E-state index in [0.29, 0.717) is 0 Å². The topological polar surface area (TPSA) is 52.5 Å². The Morgan fingerprint density at radius 3 is 1.75 bits per heavy atom. The molecular formula is AuNO2. The summed E-state index contributed by atoms with van der Waals surface area (Å²) in [5.41, 5.74) is 0. The Hall–Kier alpha value is 0.140. The van der Waals surface area contributed by atoms with Gasteiger partial charge in [0.05, 0.1) is 0 Å². The summed E-state index contributed by atoms with van der Waals surface area (Å²) in [5, 5.41) is 9.00. The molecular weight excluding hydrogens is 243 g/mol. The molecule has 28 valence electrons. The summed E-state index contributed by atoms with van der Waals surface area (Å²) in [5.74, 6) is 0. The van der Waals surface area contributed by atoms with E-state index < -0.39 is 0 Å². The molecule has 0 aromatic carbocycles. The minimum Gasteiger partial charge on any atom is -0.444 e. The third-order valence-electron chi connectivity index (χ3n) is 0. The van der Waals surface area contributed by atoms with E-state index in [-0.39, 0.29) is 22.4 Å². The molecule has 4 heteroatoms. The van der Waals surface area contributed by atoms with Crippen LogP contribution in [0.3, 0.4) is 0 Å². The monoisotopic (exact) mass is 243 g/mol. The van der Waals surface area contributed by atoms with Crippen molar-refractivity contribution in [2.45, 2.75) is 0 Å². The predicted octanol–water partition coefficient (Wildman–Crippen LogP) is 0.248. The molecule has 0 aliphatic heterocycles. The van der Waals surface area contributed by atoms with Crippen molar-refractivity contribution in [1.29, 1.82) is 0 Å². The smallest absolute Gasteiger partial charge is 0.444 e. The van der Waals surface area contributed by atoms with Gasteiger partial charge in [0.15, 0.2) is 0 Å². The molecule has 0 fully saturated rings. The average Bonchev–Trinajstić information content (AvgIpc) is 0.918. The van der Waals surface area contributed by atoms with Crippen molar-refractivity contribution in [2.75, 3.05) is 0 Å². The molecule has 0 saturated carbocycles. The molecule has 0 amide bonds. The van der Waals surface area contributed by atoms with Crippen molar-refractivity contribution in [1.82, 2.24) is 0 Å². The fourth-order valence-electron chi connectivity index (χ4n) is 0. The first-order valence-electron chi connectivity index (χ1n) is 0.365. The third-order valence-corrected chi connectivity index (χ3v) is 0. The second-order valence-corrected chi connectivity index (χ2v) is 0.0745. The number of hydrogen-bond donors (Lipinski definition) is 0. The van der Waals surface area contributed by atoms with Crippen LogP contribution >= 0.6 is 0 Å². The maximum absolute atomic E-state index is 8.00. The van der Waals surface area contributed by atoms with Gasteiger partial charge < -0.3 is 10.1 Å². The van der Waals surface area contributed by atoms with Crippen molar-refractivity contribution in [3.8, 4) is 0 Å². The van der Waals surface area contributed by atoms with Gasteiger partial charge in [0.25, 0.3) is 0 Å². The summed E-state index contributed by atoms with van der Waals surface area (Å²) in [6.45, 7) is 0. The summed E-state index contributed by atoms with van der Waals surface area (Å²) < 4.78 is 0. The maximum Gasteiger partial charge on any atom is 1.00 e. The summed E-state index contributed by atoms with van der Waals surface area (Å²) in [6, 6.07) is 0. The molecule has 0 aliphatic carbocycles. The molecule has 0 aromatic heterocycles. The Bertz CT molecular complexity index is 13.5. The van der Waals surface area contributed by atoms with Gasteiger partial charge in [0.2, 0.25) is 0 Å². The number of rotatable bonds is 0. The minimum atomic E-state index is 0. The van der Waals surface area contributed by atoms with Crippen LogP contribution in [0.25, 0.3) is 0 Å². The molecule has 0 N–H and O–H groups in total. The van der Waals surface area contributed by atoms with E-state index in [1.807, 2.05) is 0 Å². The molecule has 4 heavy (non-hydrogen) atoms. The van der Waals surface area contributed by atoms with Crippen molar-refractivity contribution >= 4 is 0 Å². The normalized spacial score (nSPS) is 3.00. The van der Waals surface area contributed by atoms with E-state index >= 15 is 0 Å².